The quantitative estimate of drug-likeness (QED) is 0.885. The lowest BCUT2D eigenvalue weighted by molar-refractivity contribution is -0.141. The van der Waals surface area contributed by atoms with E-state index in [-0.39, 0.29) is 18.9 Å². The first kappa shape index (κ1) is 17.6. The second kappa shape index (κ2) is 7.76. The Labute approximate surface area is 150 Å². The minimum Gasteiger partial charge on any atom is -0.481 e. The molecule has 3 rings (SSSR count). The van der Waals surface area contributed by atoms with Gasteiger partial charge in [0.25, 0.3) is 5.91 Å². The van der Waals surface area contributed by atoms with E-state index in [0.29, 0.717) is 25.3 Å². The van der Waals surface area contributed by atoms with Gasteiger partial charge in [-0.1, -0.05) is 29.8 Å². The Bertz CT molecular complexity index is 757. The SMILES string of the molecule is Cc1ccc(Cc2nc(C(=O)N3CCOC(CC(=O)O)C3)cs2)cc1. The summed E-state index contributed by atoms with van der Waals surface area (Å²) in [5, 5.41) is 11.5. The lowest BCUT2D eigenvalue weighted by Crippen LogP contribution is -2.46. The summed E-state index contributed by atoms with van der Waals surface area (Å²) in [4.78, 5) is 29.5. The fourth-order valence-corrected chi connectivity index (χ4v) is 3.56. The van der Waals surface area contributed by atoms with Crippen LogP contribution < -0.4 is 0 Å². The third-order valence-corrected chi connectivity index (χ3v) is 4.92. The van der Waals surface area contributed by atoms with Crippen LogP contribution in [0, 0.1) is 6.92 Å². The molecule has 1 fully saturated rings. The molecular formula is C18H20N2O4S. The molecule has 0 bridgehead atoms. The van der Waals surface area contributed by atoms with E-state index in [1.165, 1.54) is 16.9 Å². The van der Waals surface area contributed by atoms with Crippen LogP contribution in [0.15, 0.2) is 29.6 Å². The molecule has 7 heteroatoms. The first-order valence-electron chi connectivity index (χ1n) is 8.14. The third-order valence-electron chi connectivity index (χ3n) is 4.08. The van der Waals surface area contributed by atoms with Crippen LogP contribution >= 0.6 is 11.3 Å². The third kappa shape index (κ3) is 4.64. The monoisotopic (exact) mass is 360 g/mol. The van der Waals surface area contributed by atoms with Crippen molar-refractivity contribution in [1.29, 1.82) is 0 Å². The standard InChI is InChI=1S/C18H20N2O4S/c1-12-2-4-13(5-3-12)8-16-19-15(11-25-16)18(23)20-6-7-24-14(10-20)9-17(21)22/h2-5,11,14H,6-10H2,1H3,(H,21,22). The van der Waals surface area contributed by atoms with Crippen molar-refractivity contribution in [2.24, 2.45) is 0 Å². The molecule has 132 valence electrons. The molecule has 25 heavy (non-hydrogen) atoms. The van der Waals surface area contributed by atoms with E-state index in [1.807, 2.05) is 6.92 Å². The second-order valence-electron chi connectivity index (χ2n) is 6.13. The maximum atomic E-state index is 12.6. The van der Waals surface area contributed by atoms with Crippen molar-refractivity contribution in [2.75, 3.05) is 19.7 Å². The number of hydrogen-bond acceptors (Lipinski definition) is 5. The lowest BCUT2D eigenvalue weighted by Gasteiger charge is -2.31. The Morgan fingerprint density at radius 3 is 2.84 bits per heavy atom. The van der Waals surface area contributed by atoms with Crippen molar-refractivity contribution < 1.29 is 19.4 Å². The van der Waals surface area contributed by atoms with Crippen LogP contribution in [0.25, 0.3) is 0 Å². The lowest BCUT2D eigenvalue weighted by atomic mass is 10.1. The predicted molar refractivity (Wildman–Crippen MR) is 94.0 cm³/mol. The van der Waals surface area contributed by atoms with E-state index < -0.39 is 12.1 Å². The zero-order valence-electron chi connectivity index (χ0n) is 14.0. The molecule has 1 atom stereocenters. The number of carboxylic acid groups (broad SMARTS) is 1. The van der Waals surface area contributed by atoms with Crippen LogP contribution in [0.1, 0.15) is 33.0 Å². The average Bonchev–Trinajstić information content (AvgIpc) is 3.04. The Morgan fingerprint density at radius 1 is 1.36 bits per heavy atom. The number of aromatic nitrogens is 1. The van der Waals surface area contributed by atoms with Crippen LogP contribution in [0.5, 0.6) is 0 Å². The molecule has 1 aliphatic heterocycles. The number of nitrogens with zero attached hydrogens (tertiary/aromatic N) is 2. The molecule has 1 aromatic heterocycles. The summed E-state index contributed by atoms with van der Waals surface area (Å²) in [5.74, 6) is -1.08. The van der Waals surface area contributed by atoms with Crippen molar-refractivity contribution in [1.82, 2.24) is 9.88 Å². The first-order chi connectivity index (χ1) is 12.0. The summed E-state index contributed by atoms with van der Waals surface area (Å²) in [7, 11) is 0. The van der Waals surface area contributed by atoms with E-state index in [0.717, 1.165) is 10.6 Å². The van der Waals surface area contributed by atoms with Crippen molar-refractivity contribution in [3.8, 4) is 0 Å². The van der Waals surface area contributed by atoms with E-state index >= 15 is 0 Å². The number of benzene rings is 1. The largest absolute Gasteiger partial charge is 0.481 e. The van der Waals surface area contributed by atoms with Crippen molar-refractivity contribution >= 4 is 23.2 Å². The smallest absolute Gasteiger partial charge is 0.306 e. The van der Waals surface area contributed by atoms with Crippen molar-refractivity contribution in [3.63, 3.8) is 0 Å². The summed E-state index contributed by atoms with van der Waals surface area (Å²) >= 11 is 1.47. The minimum atomic E-state index is -0.923. The molecule has 1 unspecified atom stereocenters. The molecule has 1 amide bonds. The van der Waals surface area contributed by atoms with Gasteiger partial charge in [0.1, 0.15) is 5.69 Å². The average molecular weight is 360 g/mol. The maximum Gasteiger partial charge on any atom is 0.306 e. The Hall–Kier alpha value is -2.25. The van der Waals surface area contributed by atoms with Crippen LogP contribution in [-0.4, -0.2) is 52.7 Å². The number of rotatable bonds is 5. The number of morpholine rings is 1. The van der Waals surface area contributed by atoms with E-state index in [4.69, 9.17) is 9.84 Å². The highest BCUT2D eigenvalue weighted by Crippen LogP contribution is 2.18. The molecule has 1 N–H and O–H groups in total. The van der Waals surface area contributed by atoms with Crippen LogP contribution in [0.2, 0.25) is 0 Å². The molecule has 0 spiro atoms. The molecule has 1 aromatic carbocycles. The number of ether oxygens (including phenoxy) is 1. The number of carbonyl (C=O) groups excluding carboxylic acids is 1. The van der Waals surface area contributed by atoms with Gasteiger partial charge in [0, 0.05) is 24.9 Å². The van der Waals surface area contributed by atoms with E-state index in [9.17, 15) is 9.59 Å². The highest BCUT2D eigenvalue weighted by Gasteiger charge is 2.27. The van der Waals surface area contributed by atoms with E-state index in [1.54, 1.807) is 10.3 Å². The van der Waals surface area contributed by atoms with Crippen LogP contribution in [0.4, 0.5) is 0 Å². The normalized spacial score (nSPS) is 17.5. The number of carboxylic acids is 1. The van der Waals surface area contributed by atoms with Gasteiger partial charge in [0.2, 0.25) is 0 Å². The van der Waals surface area contributed by atoms with Crippen LogP contribution in [0.3, 0.4) is 0 Å². The first-order valence-corrected chi connectivity index (χ1v) is 9.02. The molecule has 2 aromatic rings. The number of amides is 1. The Balaban J connectivity index is 1.63. The van der Waals surface area contributed by atoms with Crippen molar-refractivity contribution in [3.05, 3.63) is 51.5 Å². The maximum absolute atomic E-state index is 12.6. The molecule has 6 nitrogen and oxygen atoms in total. The van der Waals surface area contributed by atoms with Gasteiger partial charge in [0.15, 0.2) is 0 Å². The molecule has 1 aliphatic rings. The Morgan fingerprint density at radius 2 is 2.12 bits per heavy atom. The number of aliphatic carboxylic acids is 1. The van der Waals surface area contributed by atoms with E-state index in [2.05, 4.69) is 29.2 Å². The van der Waals surface area contributed by atoms with Gasteiger partial charge < -0.3 is 14.7 Å². The highest BCUT2D eigenvalue weighted by molar-refractivity contribution is 7.09. The summed E-state index contributed by atoms with van der Waals surface area (Å²) < 4.78 is 5.41. The van der Waals surface area contributed by atoms with Gasteiger partial charge in [-0.05, 0) is 12.5 Å². The predicted octanol–water partition coefficient (Wildman–Crippen LogP) is 2.36. The zero-order valence-corrected chi connectivity index (χ0v) is 14.8. The molecule has 1 saturated heterocycles. The summed E-state index contributed by atoms with van der Waals surface area (Å²) in [6.07, 6.45) is 0.142. The summed E-state index contributed by atoms with van der Waals surface area (Å²) in [6.45, 7) is 3.14. The fourth-order valence-electron chi connectivity index (χ4n) is 2.75. The number of carbonyl (C=O) groups is 2. The van der Waals surface area contributed by atoms with Gasteiger partial charge in [-0.3, -0.25) is 9.59 Å². The van der Waals surface area contributed by atoms with Crippen molar-refractivity contribution in [2.45, 2.75) is 25.9 Å². The Kier molecular flexibility index (Phi) is 5.45. The highest BCUT2D eigenvalue weighted by atomic mass is 32.1. The zero-order chi connectivity index (χ0) is 17.8. The second-order valence-corrected chi connectivity index (χ2v) is 7.07. The molecule has 2 heterocycles. The number of aryl methyl sites for hydroxylation is 1. The molecular weight excluding hydrogens is 340 g/mol. The summed E-state index contributed by atoms with van der Waals surface area (Å²) in [6, 6.07) is 8.25. The fraction of sp³-hybridized carbons (Fsp3) is 0.389. The minimum absolute atomic E-state index is 0.0977. The van der Waals surface area contributed by atoms with Gasteiger partial charge in [-0.25, -0.2) is 4.98 Å². The van der Waals surface area contributed by atoms with Gasteiger partial charge in [0.05, 0.1) is 24.1 Å². The summed E-state index contributed by atoms with van der Waals surface area (Å²) in [5.41, 5.74) is 2.79. The van der Waals surface area contributed by atoms with Gasteiger partial charge in [-0.2, -0.15) is 0 Å². The van der Waals surface area contributed by atoms with Gasteiger partial charge in [-0.15, -0.1) is 11.3 Å². The van der Waals surface area contributed by atoms with Crippen LogP contribution in [-0.2, 0) is 16.0 Å². The topological polar surface area (TPSA) is 79.7 Å². The van der Waals surface area contributed by atoms with Gasteiger partial charge >= 0.3 is 5.97 Å². The number of thiazole rings is 1. The molecule has 0 aliphatic carbocycles. The molecule has 0 radical (unpaired) electrons. The number of hydrogen-bond donors (Lipinski definition) is 1. The molecule has 0 saturated carbocycles.